The summed E-state index contributed by atoms with van der Waals surface area (Å²) in [6.07, 6.45) is 2.97. The molecular formula is C13H27NO4. The summed E-state index contributed by atoms with van der Waals surface area (Å²) in [5.41, 5.74) is 0. The molecule has 0 aromatic carbocycles. The van der Waals surface area contributed by atoms with Crippen LogP contribution in [0.25, 0.3) is 0 Å². The first kappa shape index (κ1) is 17.4. The lowest BCUT2D eigenvalue weighted by Gasteiger charge is -2.19. The number of unbranched alkanes of at least 4 members (excludes halogenated alkanes) is 2. The molecule has 0 aliphatic carbocycles. The van der Waals surface area contributed by atoms with E-state index in [1.165, 1.54) is 0 Å². The summed E-state index contributed by atoms with van der Waals surface area (Å²) < 4.78 is 9.72. The number of ether oxygens (including phenoxy) is 2. The summed E-state index contributed by atoms with van der Waals surface area (Å²) in [5, 5.41) is 9.53. The molecule has 0 radical (unpaired) electrons. The zero-order valence-electron chi connectivity index (χ0n) is 11.9. The van der Waals surface area contributed by atoms with Gasteiger partial charge in [-0.1, -0.05) is 6.42 Å². The number of methoxy groups -OCH3 is 1. The lowest BCUT2D eigenvalue weighted by molar-refractivity contribution is -0.143. The van der Waals surface area contributed by atoms with Crippen LogP contribution < -0.4 is 0 Å². The van der Waals surface area contributed by atoms with Gasteiger partial charge in [0.1, 0.15) is 0 Å². The Balaban J connectivity index is 3.40. The molecule has 0 aromatic rings. The second kappa shape index (κ2) is 11.4. The van der Waals surface area contributed by atoms with Crippen molar-refractivity contribution in [3.63, 3.8) is 0 Å². The van der Waals surface area contributed by atoms with Crippen molar-refractivity contribution in [1.29, 1.82) is 0 Å². The fraction of sp³-hybridized carbons (Fsp3) is 0.923. The Labute approximate surface area is 110 Å². The number of hydrogen-bond acceptors (Lipinski definition) is 5. The minimum absolute atomic E-state index is 0.110. The minimum Gasteiger partial charge on any atom is -0.466 e. The van der Waals surface area contributed by atoms with Gasteiger partial charge in [0.25, 0.3) is 0 Å². The predicted octanol–water partition coefficient (Wildman–Crippen LogP) is 1.05. The molecular weight excluding hydrogens is 234 g/mol. The second-order valence-corrected chi connectivity index (χ2v) is 4.49. The average molecular weight is 261 g/mol. The monoisotopic (exact) mass is 261 g/mol. The molecule has 0 saturated heterocycles. The highest BCUT2D eigenvalue weighted by Gasteiger charge is 2.07. The molecule has 0 rings (SSSR count). The van der Waals surface area contributed by atoms with Crippen molar-refractivity contribution in [2.24, 2.45) is 0 Å². The Bertz CT molecular complexity index is 211. The highest BCUT2D eigenvalue weighted by molar-refractivity contribution is 5.69. The lowest BCUT2D eigenvalue weighted by Crippen LogP contribution is -2.32. The molecule has 5 heteroatoms. The van der Waals surface area contributed by atoms with E-state index in [-0.39, 0.29) is 5.97 Å². The summed E-state index contributed by atoms with van der Waals surface area (Å²) in [5.74, 6) is -0.110. The Hall–Kier alpha value is -0.650. The molecule has 0 aliphatic rings. The first-order valence-electron chi connectivity index (χ1n) is 6.61. The zero-order valence-corrected chi connectivity index (χ0v) is 11.9. The molecule has 0 fully saturated rings. The van der Waals surface area contributed by atoms with Gasteiger partial charge in [-0.15, -0.1) is 0 Å². The maximum Gasteiger partial charge on any atom is 0.305 e. The van der Waals surface area contributed by atoms with Crippen molar-refractivity contribution < 1.29 is 19.4 Å². The van der Waals surface area contributed by atoms with E-state index in [0.29, 0.717) is 26.2 Å². The summed E-state index contributed by atoms with van der Waals surface area (Å²) in [6.45, 7) is 4.18. The second-order valence-electron chi connectivity index (χ2n) is 4.49. The number of esters is 1. The average Bonchev–Trinajstić information content (AvgIpc) is 2.29. The normalized spacial score (nSPS) is 12.7. The van der Waals surface area contributed by atoms with Crippen molar-refractivity contribution in [1.82, 2.24) is 4.90 Å². The molecule has 1 unspecified atom stereocenters. The van der Waals surface area contributed by atoms with Crippen LogP contribution in [-0.4, -0.2) is 62.5 Å². The van der Waals surface area contributed by atoms with Crippen LogP contribution >= 0.6 is 0 Å². The van der Waals surface area contributed by atoms with Gasteiger partial charge >= 0.3 is 5.97 Å². The molecule has 0 spiro atoms. The highest BCUT2D eigenvalue weighted by atomic mass is 16.5. The molecule has 18 heavy (non-hydrogen) atoms. The van der Waals surface area contributed by atoms with Gasteiger partial charge in [0.2, 0.25) is 0 Å². The van der Waals surface area contributed by atoms with Gasteiger partial charge in [-0.2, -0.15) is 0 Å². The van der Waals surface area contributed by atoms with E-state index in [1.807, 2.05) is 14.0 Å². The predicted molar refractivity (Wildman–Crippen MR) is 70.5 cm³/mol. The van der Waals surface area contributed by atoms with Crippen LogP contribution in [0, 0.1) is 0 Å². The number of carbonyl (C=O) groups excluding carboxylic acids is 1. The zero-order chi connectivity index (χ0) is 13.8. The number of nitrogens with zero attached hydrogens (tertiary/aromatic N) is 1. The summed E-state index contributed by atoms with van der Waals surface area (Å²) >= 11 is 0. The fourth-order valence-corrected chi connectivity index (χ4v) is 1.76. The number of aliphatic hydroxyl groups is 1. The molecule has 0 aromatic heterocycles. The SMILES string of the molecule is CCOC(=O)CCCCCN(C)CC(O)COC. The smallest absolute Gasteiger partial charge is 0.305 e. The Kier molecular flexibility index (Phi) is 11.0. The van der Waals surface area contributed by atoms with E-state index in [2.05, 4.69) is 4.90 Å². The van der Waals surface area contributed by atoms with Crippen molar-refractivity contribution >= 4 is 5.97 Å². The van der Waals surface area contributed by atoms with E-state index >= 15 is 0 Å². The molecule has 0 amide bonds. The van der Waals surface area contributed by atoms with Crippen molar-refractivity contribution in [3.8, 4) is 0 Å². The van der Waals surface area contributed by atoms with E-state index < -0.39 is 6.10 Å². The Morgan fingerprint density at radius 3 is 2.67 bits per heavy atom. The largest absolute Gasteiger partial charge is 0.466 e. The molecule has 0 aliphatic heterocycles. The van der Waals surface area contributed by atoms with E-state index in [4.69, 9.17) is 9.47 Å². The molecule has 0 bridgehead atoms. The van der Waals surface area contributed by atoms with Gasteiger partial charge < -0.3 is 19.5 Å². The summed E-state index contributed by atoms with van der Waals surface area (Å²) in [7, 11) is 3.56. The van der Waals surface area contributed by atoms with Crippen LogP contribution in [-0.2, 0) is 14.3 Å². The van der Waals surface area contributed by atoms with Gasteiger partial charge in [0.05, 0.1) is 19.3 Å². The van der Waals surface area contributed by atoms with Crippen LogP contribution in [0.3, 0.4) is 0 Å². The maximum absolute atomic E-state index is 11.1. The van der Waals surface area contributed by atoms with Crippen molar-refractivity contribution in [2.45, 2.75) is 38.7 Å². The third-order valence-corrected chi connectivity index (χ3v) is 2.61. The lowest BCUT2D eigenvalue weighted by atomic mass is 10.2. The highest BCUT2D eigenvalue weighted by Crippen LogP contribution is 2.03. The molecule has 108 valence electrons. The first-order valence-corrected chi connectivity index (χ1v) is 6.61. The van der Waals surface area contributed by atoms with Gasteiger partial charge in [0, 0.05) is 20.1 Å². The molecule has 0 heterocycles. The van der Waals surface area contributed by atoms with Gasteiger partial charge in [-0.05, 0) is 33.4 Å². The topological polar surface area (TPSA) is 59.0 Å². The van der Waals surface area contributed by atoms with Crippen LogP contribution in [0.4, 0.5) is 0 Å². The number of aliphatic hydroxyl groups excluding tert-OH is 1. The van der Waals surface area contributed by atoms with Crippen LogP contribution in [0.2, 0.25) is 0 Å². The third kappa shape index (κ3) is 10.5. The summed E-state index contributed by atoms with van der Waals surface area (Å²) in [6, 6.07) is 0. The number of likely N-dealkylation sites (N-methyl/N-ethyl adjacent to an activating group) is 1. The van der Waals surface area contributed by atoms with Crippen LogP contribution in [0.15, 0.2) is 0 Å². The van der Waals surface area contributed by atoms with Crippen LogP contribution in [0.5, 0.6) is 0 Å². The number of carbonyl (C=O) groups is 1. The molecule has 1 N–H and O–H groups in total. The number of hydrogen-bond donors (Lipinski definition) is 1. The Morgan fingerprint density at radius 2 is 2.06 bits per heavy atom. The van der Waals surface area contributed by atoms with E-state index in [1.54, 1.807) is 7.11 Å². The fourth-order valence-electron chi connectivity index (χ4n) is 1.76. The van der Waals surface area contributed by atoms with Gasteiger partial charge in [-0.3, -0.25) is 4.79 Å². The van der Waals surface area contributed by atoms with Gasteiger partial charge in [-0.25, -0.2) is 0 Å². The standard InChI is InChI=1S/C13H27NO4/c1-4-18-13(16)8-6-5-7-9-14(2)10-12(15)11-17-3/h12,15H,4-11H2,1-3H3. The van der Waals surface area contributed by atoms with Crippen molar-refractivity contribution in [2.75, 3.05) is 40.5 Å². The van der Waals surface area contributed by atoms with E-state index in [0.717, 1.165) is 25.8 Å². The quantitative estimate of drug-likeness (QED) is 0.445. The molecule has 0 saturated carbocycles. The third-order valence-electron chi connectivity index (χ3n) is 2.61. The summed E-state index contributed by atoms with van der Waals surface area (Å²) in [4.78, 5) is 13.2. The molecule has 1 atom stereocenters. The Morgan fingerprint density at radius 1 is 1.33 bits per heavy atom. The first-order chi connectivity index (χ1) is 8.60. The van der Waals surface area contributed by atoms with E-state index in [9.17, 15) is 9.90 Å². The maximum atomic E-state index is 11.1. The van der Waals surface area contributed by atoms with Crippen LogP contribution in [0.1, 0.15) is 32.6 Å². The molecule has 5 nitrogen and oxygen atoms in total. The van der Waals surface area contributed by atoms with Crippen molar-refractivity contribution in [3.05, 3.63) is 0 Å². The van der Waals surface area contributed by atoms with Gasteiger partial charge in [0.15, 0.2) is 0 Å². The number of rotatable bonds is 11. The minimum atomic E-state index is -0.431.